The predicted octanol–water partition coefficient (Wildman–Crippen LogP) is 4.17. The summed E-state index contributed by atoms with van der Waals surface area (Å²) in [5.41, 5.74) is 5.45. The number of piperidine rings is 1. The van der Waals surface area contributed by atoms with Crippen LogP contribution in [0.3, 0.4) is 0 Å². The molecular weight excluding hydrogens is 528 g/mol. The van der Waals surface area contributed by atoms with Gasteiger partial charge in [-0.1, -0.05) is 24.3 Å². The van der Waals surface area contributed by atoms with Gasteiger partial charge in [-0.25, -0.2) is 4.52 Å². The molecule has 6 rings (SSSR count). The van der Waals surface area contributed by atoms with Crippen molar-refractivity contribution in [1.29, 1.82) is 5.26 Å². The fraction of sp³-hybridized carbons (Fsp3) is 0.545. The zero-order valence-corrected chi connectivity index (χ0v) is 25.0. The summed E-state index contributed by atoms with van der Waals surface area (Å²) in [5.74, 6) is 0.306. The van der Waals surface area contributed by atoms with Crippen LogP contribution in [0.1, 0.15) is 38.2 Å². The van der Waals surface area contributed by atoms with Crippen LogP contribution in [0.4, 0.5) is 5.69 Å². The molecule has 3 fully saturated rings. The second-order valence-electron chi connectivity index (χ2n) is 12.2. The Hall–Kier alpha value is -3.45. The van der Waals surface area contributed by atoms with Crippen LogP contribution in [0, 0.1) is 23.2 Å². The molecule has 1 amide bonds. The normalized spacial score (nSPS) is 23.4. The van der Waals surface area contributed by atoms with Crippen molar-refractivity contribution in [2.24, 2.45) is 11.8 Å². The van der Waals surface area contributed by atoms with Crippen LogP contribution in [0.15, 0.2) is 48.8 Å². The van der Waals surface area contributed by atoms with Gasteiger partial charge in [0.15, 0.2) is 0 Å². The number of rotatable bonds is 8. The summed E-state index contributed by atoms with van der Waals surface area (Å²) in [4.78, 5) is 19.7. The molecular formula is C33H42N6O3. The van der Waals surface area contributed by atoms with E-state index in [2.05, 4.69) is 70.5 Å². The number of hydrogen-bond donors (Lipinski definition) is 0. The number of benzene rings is 1. The standard InChI is InChI=1S/C33H42N6O3/c1-24(23-41-2)36-12-9-33(42-3,10-13-36)29-6-4-26(5-7-29)28-20-31-30(8-11-35-39(31)22-28)37-14-16-38(17-15-37)32(40)27-18-25(19-27)21-34/h4-8,11,20,22,24-25,27H,9-10,12-19,23H2,1-3H3/t24-,25-,27-/m0/s1. The second kappa shape index (κ2) is 12.0. The molecule has 42 heavy (non-hydrogen) atoms. The molecule has 0 bridgehead atoms. The molecule has 1 aromatic carbocycles. The van der Waals surface area contributed by atoms with Crippen molar-refractivity contribution < 1.29 is 14.3 Å². The maximum Gasteiger partial charge on any atom is 0.225 e. The van der Waals surface area contributed by atoms with Crippen LogP contribution in [-0.4, -0.2) is 91.5 Å². The van der Waals surface area contributed by atoms with Gasteiger partial charge in [0.1, 0.15) is 0 Å². The van der Waals surface area contributed by atoms with Gasteiger partial charge < -0.3 is 19.3 Å². The van der Waals surface area contributed by atoms with E-state index in [4.69, 9.17) is 14.7 Å². The third-order valence-electron chi connectivity index (χ3n) is 9.86. The third-order valence-corrected chi connectivity index (χ3v) is 9.86. The Balaban J connectivity index is 1.13. The van der Waals surface area contributed by atoms with Gasteiger partial charge in [0.05, 0.1) is 29.5 Å². The van der Waals surface area contributed by atoms with Gasteiger partial charge in [-0.05, 0) is 55.9 Å². The molecule has 4 heterocycles. The van der Waals surface area contributed by atoms with E-state index >= 15 is 0 Å². The summed E-state index contributed by atoms with van der Waals surface area (Å²) in [7, 11) is 3.60. The number of nitriles is 1. The number of carbonyl (C=O) groups excluding carboxylic acids is 1. The zero-order chi connectivity index (χ0) is 29.3. The average molecular weight is 571 g/mol. The number of hydrogen-bond acceptors (Lipinski definition) is 7. The summed E-state index contributed by atoms with van der Waals surface area (Å²) in [6, 6.07) is 15.8. The van der Waals surface area contributed by atoms with Crippen LogP contribution in [-0.2, 0) is 19.9 Å². The van der Waals surface area contributed by atoms with Gasteiger partial charge >= 0.3 is 0 Å². The Bertz CT molecular complexity index is 1420. The maximum atomic E-state index is 12.9. The lowest BCUT2D eigenvalue weighted by Gasteiger charge is -2.43. The maximum absolute atomic E-state index is 12.9. The molecule has 1 saturated carbocycles. The Morgan fingerprint density at radius 2 is 1.76 bits per heavy atom. The molecule has 9 nitrogen and oxygen atoms in total. The molecule has 3 aromatic rings. The zero-order valence-electron chi connectivity index (χ0n) is 25.0. The molecule has 3 aliphatic rings. The Morgan fingerprint density at radius 3 is 2.40 bits per heavy atom. The number of anilines is 1. The second-order valence-corrected chi connectivity index (χ2v) is 12.2. The van der Waals surface area contributed by atoms with Gasteiger partial charge in [-0.15, -0.1) is 0 Å². The van der Waals surface area contributed by atoms with E-state index in [1.807, 2.05) is 22.7 Å². The first-order valence-corrected chi connectivity index (χ1v) is 15.2. The molecule has 2 saturated heterocycles. The Kier molecular flexibility index (Phi) is 8.22. The fourth-order valence-corrected chi connectivity index (χ4v) is 7.03. The van der Waals surface area contributed by atoms with E-state index in [1.165, 1.54) is 5.56 Å². The van der Waals surface area contributed by atoms with Crippen molar-refractivity contribution in [1.82, 2.24) is 19.4 Å². The highest BCUT2D eigenvalue weighted by molar-refractivity contribution is 5.82. The first-order chi connectivity index (χ1) is 20.4. The topological polar surface area (TPSA) is 86.3 Å². The fourth-order valence-electron chi connectivity index (χ4n) is 7.03. The molecule has 222 valence electrons. The average Bonchev–Trinajstić information content (AvgIpc) is 3.46. The van der Waals surface area contributed by atoms with Gasteiger partial charge in [-0.3, -0.25) is 9.69 Å². The lowest BCUT2D eigenvalue weighted by molar-refractivity contribution is -0.139. The highest BCUT2D eigenvalue weighted by Gasteiger charge is 2.38. The number of amides is 1. The summed E-state index contributed by atoms with van der Waals surface area (Å²) in [5, 5.41) is 13.6. The van der Waals surface area contributed by atoms with Crippen molar-refractivity contribution in [2.45, 2.75) is 44.2 Å². The number of fused-ring (bicyclic) bond motifs is 1. The van der Waals surface area contributed by atoms with Gasteiger partial charge in [0.25, 0.3) is 0 Å². The molecule has 2 aromatic heterocycles. The number of methoxy groups -OCH3 is 2. The predicted molar refractivity (Wildman–Crippen MR) is 162 cm³/mol. The Labute approximate surface area is 248 Å². The van der Waals surface area contributed by atoms with Crippen LogP contribution in [0.2, 0.25) is 0 Å². The first-order valence-electron chi connectivity index (χ1n) is 15.2. The SMILES string of the molecule is COC[C@H](C)N1CCC(OC)(c2ccc(-c3cc4c(N5CCN(C(=O)[C@H]6C[C@H](C#N)C6)CC5)ccnn4c3)cc2)CC1. The van der Waals surface area contributed by atoms with E-state index in [-0.39, 0.29) is 23.3 Å². The number of nitrogens with zero attached hydrogens (tertiary/aromatic N) is 6. The molecule has 0 unspecified atom stereocenters. The minimum atomic E-state index is -0.262. The van der Waals surface area contributed by atoms with Crippen LogP contribution < -0.4 is 4.90 Å². The number of piperazine rings is 1. The van der Waals surface area contributed by atoms with Gasteiger partial charge in [0, 0.05) is 89.3 Å². The highest BCUT2D eigenvalue weighted by atomic mass is 16.5. The minimum absolute atomic E-state index is 0.0320. The van der Waals surface area contributed by atoms with Crippen molar-refractivity contribution >= 4 is 17.1 Å². The lowest BCUT2D eigenvalue weighted by Crippen LogP contribution is -2.52. The van der Waals surface area contributed by atoms with Crippen molar-refractivity contribution in [3.05, 3.63) is 54.4 Å². The summed E-state index contributed by atoms with van der Waals surface area (Å²) in [6.45, 7) is 7.95. The van der Waals surface area contributed by atoms with E-state index in [0.29, 0.717) is 32.0 Å². The first kappa shape index (κ1) is 28.7. The minimum Gasteiger partial charge on any atom is -0.383 e. The van der Waals surface area contributed by atoms with Crippen molar-refractivity contribution in [3.8, 4) is 17.2 Å². The smallest absolute Gasteiger partial charge is 0.225 e. The summed E-state index contributed by atoms with van der Waals surface area (Å²) in [6.07, 6.45) is 7.30. The quantitative estimate of drug-likeness (QED) is 0.402. The monoisotopic (exact) mass is 570 g/mol. The van der Waals surface area contributed by atoms with E-state index in [1.54, 1.807) is 7.11 Å². The third kappa shape index (κ3) is 5.39. The summed E-state index contributed by atoms with van der Waals surface area (Å²) < 4.78 is 13.5. The van der Waals surface area contributed by atoms with Crippen LogP contribution >= 0.6 is 0 Å². The van der Waals surface area contributed by atoms with E-state index in [9.17, 15) is 4.79 Å². The van der Waals surface area contributed by atoms with Gasteiger partial charge in [0.2, 0.25) is 5.91 Å². The Morgan fingerprint density at radius 1 is 1.05 bits per heavy atom. The van der Waals surface area contributed by atoms with Crippen molar-refractivity contribution in [2.75, 3.05) is 65.0 Å². The molecule has 0 radical (unpaired) electrons. The van der Waals surface area contributed by atoms with Crippen LogP contribution in [0.25, 0.3) is 16.6 Å². The molecule has 1 aliphatic carbocycles. The molecule has 2 aliphatic heterocycles. The number of aromatic nitrogens is 2. The largest absolute Gasteiger partial charge is 0.383 e. The van der Waals surface area contributed by atoms with Gasteiger partial charge in [-0.2, -0.15) is 10.4 Å². The van der Waals surface area contributed by atoms with Crippen molar-refractivity contribution in [3.63, 3.8) is 0 Å². The molecule has 9 heteroatoms. The number of likely N-dealkylation sites (tertiary alicyclic amines) is 1. The lowest BCUT2D eigenvalue weighted by atomic mass is 9.75. The molecule has 1 atom stereocenters. The van der Waals surface area contributed by atoms with E-state index < -0.39 is 0 Å². The molecule has 0 spiro atoms. The van der Waals surface area contributed by atoms with E-state index in [0.717, 1.165) is 68.0 Å². The molecule has 0 N–H and O–H groups in total. The number of ether oxygens (including phenoxy) is 2. The summed E-state index contributed by atoms with van der Waals surface area (Å²) >= 11 is 0. The highest BCUT2D eigenvalue weighted by Crippen LogP contribution is 2.38. The van der Waals surface area contributed by atoms with Crippen LogP contribution in [0.5, 0.6) is 0 Å². The number of carbonyl (C=O) groups is 1.